The summed E-state index contributed by atoms with van der Waals surface area (Å²) in [6.45, 7) is 3.85. The van der Waals surface area contributed by atoms with Gasteiger partial charge in [0.05, 0.1) is 39.9 Å². The molecule has 2 unspecified atom stereocenters. The first kappa shape index (κ1) is 38.0. The van der Waals surface area contributed by atoms with E-state index in [2.05, 4.69) is 40.2 Å². The number of nitrogen functional groups attached to an aromatic ring is 2. The molecule has 0 aliphatic rings. The maximum Gasteiger partial charge on any atom is 0.221 e. The van der Waals surface area contributed by atoms with E-state index in [1.807, 2.05) is 62.4 Å². The van der Waals surface area contributed by atoms with Gasteiger partial charge in [0, 0.05) is 52.7 Å². The summed E-state index contributed by atoms with van der Waals surface area (Å²) in [5.41, 5.74) is 23.0. The molecular formula is C40H35ClF2N12. The van der Waals surface area contributed by atoms with Crippen molar-refractivity contribution in [3.05, 3.63) is 150 Å². The maximum absolute atomic E-state index is 13.7. The monoisotopic (exact) mass is 756 g/mol. The second-order valence-electron chi connectivity index (χ2n) is 12.1. The third kappa shape index (κ3) is 9.81. The van der Waals surface area contributed by atoms with Crippen molar-refractivity contribution in [3.8, 4) is 22.5 Å². The Balaban J connectivity index is 0.000000160. The van der Waals surface area contributed by atoms with Crippen molar-refractivity contribution < 1.29 is 8.78 Å². The lowest BCUT2D eigenvalue weighted by molar-refractivity contribution is 0.629. The smallest absolute Gasteiger partial charge is 0.221 e. The first-order valence-corrected chi connectivity index (χ1v) is 17.3. The van der Waals surface area contributed by atoms with Gasteiger partial charge in [0.25, 0.3) is 0 Å². The summed E-state index contributed by atoms with van der Waals surface area (Å²) in [7, 11) is 0. The molecule has 0 saturated carbocycles. The van der Waals surface area contributed by atoms with E-state index in [-0.39, 0.29) is 35.6 Å². The Morgan fingerprint density at radius 1 is 0.582 bits per heavy atom. The van der Waals surface area contributed by atoms with Crippen molar-refractivity contribution in [2.24, 2.45) is 5.73 Å². The van der Waals surface area contributed by atoms with Gasteiger partial charge >= 0.3 is 0 Å². The fourth-order valence-corrected chi connectivity index (χ4v) is 5.69. The van der Waals surface area contributed by atoms with Gasteiger partial charge in [-0.05, 0) is 98.8 Å². The SMILES string of the molecule is CC(N)c1nc2ccc(F)cc2cc1-c1ccccn1.CC(Nc1ccnc(N)n1)c1nc2ccc(F)cc2cc1-c1ccccn1.Nc1nccc(Cl)n1. The Morgan fingerprint density at radius 2 is 1.11 bits per heavy atom. The highest BCUT2D eigenvalue weighted by molar-refractivity contribution is 6.29. The largest absolute Gasteiger partial charge is 0.368 e. The van der Waals surface area contributed by atoms with Gasteiger partial charge in [-0.3, -0.25) is 15.0 Å². The third-order valence-corrected chi connectivity index (χ3v) is 8.23. The molecule has 8 aromatic rings. The molecule has 0 saturated heterocycles. The summed E-state index contributed by atoms with van der Waals surface area (Å²) in [6.07, 6.45) is 6.53. The van der Waals surface area contributed by atoms with E-state index < -0.39 is 0 Å². The molecule has 0 amide bonds. The molecule has 0 aliphatic heterocycles. The number of nitrogens with one attached hydrogen (secondary N) is 1. The third-order valence-electron chi connectivity index (χ3n) is 8.01. The predicted molar refractivity (Wildman–Crippen MR) is 212 cm³/mol. The van der Waals surface area contributed by atoms with Crippen LogP contribution >= 0.6 is 11.6 Å². The van der Waals surface area contributed by atoms with Crippen LogP contribution in [0.2, 0.25) is 5.15 Å². The fraction of sp³-hybridized carbons (Fsp3) is 0.100. The molecular weight excluding hydrogens is 722 g/mol. The molecule has 0 aliphatic carbocycles. The summed E-state index contributed by atoms with van der Waals surface area (Å²) in [6, 6.07) is 27.1. The summed E-state index contributed by atoms with van der Waals surface area (Å²) >= 11 is 5.41. The number of fused-ring (bicyclic) bond motifs is 2. The minimum absolute atomic E-state index is 0.189. The molecule has 2 aromatic carbocycles. The molecule has 0 radical (unpaired) electrons. The molecule has 15 heteroatoms. The van der Waals surface area contributed by atoms with Crippen LogP contribution in [-0.2, 0) is 0 Å². The summed E-state index contributed by atoms with van der Waals surface area (Å²) in [5, 5.41) is 5.13. The van der Waals surface area contributed by atoms with Crippen molar-refractivity contribution in [2.75, 3.05) is 16.8 Å². The van der Waals surface area contributed by atoms with Crippen LogP contribution in [0.25, 0.3) is 44.3 Å². The molecule has 12 nitrogen and oxygen atoms in total. The Labute approximate surface area is 320 Å². The van der Waals surface area contributed by atoms with Crippen LogP contribution in [0, 0.1) is 11.6 Å². The average Bonchev–Trinajstić information content (AvgIpc) is 3.18. The Hall–Kier alpha value is -6.77. The lowest BCUT2D eigenvalue weighted by Crippen LogP contribution is -2.12. The number of nitrogens with zero attached hydrogens (tertiary/aromatic N) is 8. The first-order valence-electron chi connectivity index (χ1n) is 16.9. The molecule has 6 aromatic heterocycles. The maximum atomic E-state index is 13.7. The number of benzene rings is 2. The van der Waals surface area contributed by atoms with Gasteiger partial charge in [-0.2, -0.15) is 4.98 Å². The van der Waals surface area contributed by atoms with Gasteiger partial charge in [0.2, 0.25) is 11.9 Å². The summed E-state index contributed by atoms with van der Waals surface area (Å²) < 4.78 is 27.0. The number of pyridine rings is 4. The summed E-state index contributed by atoms with van der Waals surface area (Å²) in [5.74, 6) is 0.422. The second kappa shape index (κ2) is 17.4. The Bertz CT molecular complexity index is 2530. The zero-order valence-corrected chi connectivity index (χ0v) is 30.4. The molecule has 55 heavy (non-hydrogen) atoms. The number of nitrogens with two attached hydrogens (primary N) is 3. The van der Waals surface area contributed by atoms with Crippen molar-refractivity contribution in [3.63, 3.8) is 0 Å². The van der Waals surface area contributed by atoms with E-state index in [0.29, 0.717) is 16.5 Å². The molecule has 8 rings (SSSR count). The number of anilines is 3. The van der Waals surface area contributed by atoms with Crippen LogP contribution in [0.15, 0.2) is 122 Å². The molecule has 0 bridgehead atoms. The van der Waals surface area contributed by atoms with Crippen LogP contribution in [0.4, 0.5) is 26.5 Å². The molecule has 6 heterocycles. The quantitative estimate of drug-likeness (QED) is 0.119. The zero-order valence-electron chi connectivity index (χ0n) is 29.6. The number of aromatic nitrogens is 8. The van der Waals surface area contributed by atoms with Gasteiger partial charge in [0.15, 0.2) is 0 Å². The fourth-order valence-electron chi connectivity index (χ4n) is 5.55. The topological polar surface area (TPSA) is 193 Å². The second-order valence-corrected chi connectivity index (χ2v) is 12.5. The number of rotatable bonds is 6. The normalized spacial score (nSPS) is 11.8. The van der Waals surface area contributed by atoms with Gasteiger partial charge in [-0.25, -0.2) is 28.7 Å². The standard InChI is InChI=1S/C20H17FN6.C16H14FN3.C4H4ClN3/c1-12(25-18-7-9-24-20(22)27-18)19-15(17-4-2-3-8-23-17)11-13-10-14(21)5-6-16(13)26-19;1-10(18)16-13(15-4-2-3-7-19-15)9-11-8-12(17)5-6-14(11)20-16;5-3-1-2-7-4(6)8-3/h2-12H,1H3,(H3,22,24,25,27);2-10H,18H2,1H3;1-2H,(H2,6,7,8). The van der Waals surface area contributed by atoms with Crippen LogP contribution in [-0.4, -0.2) is 39.9 Å². The lowest BCUT2D eigenvalue weighted by Gasteiger charge is -2.18. The van der Waals surface area contributed by atoms with Gasteiger partial charge in [0.1, 0.15) is 22.6 Å². The van der Waals surface area contributed by atoms with Crippen LogP contribution in [0.5, 0.6) is 0 Å². The highest BCUT2D eigenvalue weighted by Crippen LogP contribution is 2.31. The molecule has 7 N–H and O–H groups in total. The number of hydrogen-bond acceptors (Lipinski definition) is 12. The zero-order chi connectivity index (χ0) is 38.9. The van der Waals surface area contributed by atoms with Crippen molar-refractivity contribution >= 4 is 51.1 Å². The molecule has 276 valence electrons. The van der Waals surface area contributed by atoms with E-state index in [0.717, 1.165) is 50.2 Å². The van der Waals surface area contributed by atoms with E-state index in [9.17, 15) is 8.78 Å². The minimum atomic E-state index is -0.299. The van der Waals surface area contributed by atoms with E-state index in [1.165, 1.54) is 30.5 Å². The Kier molecular flexibility index (Phi) is 12.0. The predicted octanol–water partition coefficient (Wildman–Crippen LogP) is 8.15. The van der Waals surface area contributed by atoms with Crippen molar-refractivity contribution in [2.45, 2.75) is 25.9 Å². The lowest BCUT2D eigenvalue weighted by atomic mass is 10.0. The van der Waals surface area contributed by atoms with Crippen molar-refractivity contribution in [1.29, 1.82) is 0 Å². The van der Waals surface area contributed by atoms with E-state index in [1.54, 1.807) is 42.9 Å². The van der Waals surface area contributed by atoms with Crippen molar-refractivity contribution in [1.82, 2.24) is 39.9 Å². The van der Waals surface area contributed by atoms with Crippen LogP contribution in [0.3, 0.4) is 0 Å². The van der Waals surface area contributed by atoms with Crippen LogP contribution < -0.4 is 22.5 Å². The van der Waals surface area contributed by atoms with E-state index in [4.69, 9.17) is 33.8 Å². The minimum Gasteiger partial charge on any atom is -0.368 e. The van der Waals surface area contributed by atoms with Gasteiger partial charge in [-0.1, -0.05) is 23.7 Å². The Morgan fingerprint density at radius 3 is 1.58 bits per heavy atom. The first-order chi connectivity index (χ1) is 26.5. The highest BCUT2D eigenvalue weighted by Gasteiger charge is 2.18. The van der Waals surface area contributed by atoms with Gasteiger partial charge in [-0.15, -0.1) is 0 Å². The molecule has 0 spiro atoms. The average molecular weight is 757 g/mol. The summed E-state index contributed by atoms with van der Waals surface area (Å²) in [4.78, 5) is 33.4. The number of halogens is 3. The van der Waals surface area contributed by atoms with Gasteiger partial charge < -0.3 is 22.5 Å². The molecule has 2 atom stereocenters. The number of hydrogen-bond donors (Lipinski definition) is 4. The highest BCUT2D eigenvalue weighted by atomic mass is 35.5. The molecule has 0 fully saturated rings. The van der Waals surface area contributed by atoms with Crippen LogP contribution in [0.1, 0.15) is 37.3 Å². The van der Waals surface area contributed by atoms with E-state index >= 15 is 0 Å².